The number of rotatable bonds is 7. The van der Waals surface area contributed by atoms with E-state index in [2.05, 4.69) is 97.2 Å². The van der Waals surface area contributed by atoms with Crippen LogP contribution < -0.4 is 5.32 Å². The Bertz CT molecular complexity index is 936. The Morgan fingerprint density at radius 3 is 2.50 bits per heavy atom. The molecule has 1 atom stereocenters. The number of unbranched alkanes of at least 4 members (excludes halogenated alkanes) is 3. The summed E-state index contributed by atoms with van der Waals surface area (Å²) in [5.74, 6) is 0. The number of hydrogen-bond acceptors (Lipinski definition) is 1. The van der Waals surface area contributed by atoms with E-state index >= 15 is 0 Å². The first kappa shape index (κ1) is 18.6. The molecule has 28 heavy (non-hydrogen) atoms. The van der Waals surface area contributed by atoms with Gasteiger partial charge in [0.2, 0.25) is 0 Å². The van der Waals surface area contributed by atoms with Crippen molar-refractivity contribution in [2.24, 2.45) is 0 Å². The van der Waals surface area contributed by atoms with E-state index in [0.717, 1.165) is 0 Å². The highest BCUT2D eigenvalue weighted by Gasteiger charge is 2.14. The van der Waals surface area contributed by atoms with E-state index in [0.29, 0.717) is 0 Å². The van der Waals surface area contributed by atoms with Crippen LogP contribution in [0.1, 0.15) is 55.3 Å². The molecule has 0 radical (unpaired) electrons. The van der Waals surface area contributed by atoms with E-state index in [1.54, 1.807) is 0 Å². The molecule has 1 N–H and O–H groups in total. The van der Waals surface area contributed by atoms with Gasteiger partial charge >= 0.3 is 0 Å². The molecule has 3 aromatic rings. The molecule has 1 aliphatic heterocycles. The lowest BCUT2D eigenvalue weighted by atomic mass is 9.95. The summed E-state index contributed by atoms with van der Waals surface area (Å²) >= 11 is 0. The van der Waals surface area contributed by atoms with Crippen LogP contribution in [0.25, 0.3) is 17.2 Å². The molecular weight excluding hydrogens is 338 g/mol. The van der Waals surface area contributed by atoms with Crippen LogP contribution in [0.4, 0.5) is 5.69 Å². The van der Waals surface area contributed by atoms with Crippen molar-refractivity contribution < 1.29 is 0 Å². The van der Waals surface area contributed by atoms with Crippen LogP contribution in [0, 0.1) is 0 Å². The first-order valence-electron chi connectivity index (χ1n) is 10.6. The molecule has 4 rings (SSSR count). The van der Waals surface area contributed by atoms with Gasteiger partial charge in [-0.15, -0.1) is 0 Å². The lowest BCUT2D eigenvalue weighted by Crippen LogP contribution is -2.12. The van der Waals surface area contributed by atoms with Crippen molar-refractivity contribution in [2.75, 3.05) is 5.32 Å². The molecule has 1 unspecified atom stereocenters. The van der Waals surface area contributed by atoms with Crippen molar-refractivity contribution in [3.8, 4) is 11.1 Å². The normalized spacial score (nSPS) is 15.1. The average Bonchev–Trinajstić information content (AvgIpc) is 2.77. The molecule has 0 aromatic heterocycles. The van der Waals surface area contributed by atoms with Crippen LogP contribution >= 0.6 is 0 Å². The fourth-order valence-corrected chi connectivity index (χ4v) is 3.92. The second-order valence-electron chi connectivity index (χ2n) is 7.70. The molecule has 0 bridgehead atoms. The second kappa shape index (κ2) is 8.93. The van der Waals surface area contributed by atoms with Gasteiger partial charge in [0, 0.05) is 5.69 Å². The Morgan fingerprint density at radius 1 is 0.786 bits per heavy atom. The van der Waals surface area contributed by atoms with Gasteiger partial charge in [0.25, 0.3) is 0 Å². The number of nitrogens with one attached hydrogen (secondary N) is 1. The molecular formula is C27H29N. The number of hydrogen-bond donors (Lipinski definition) is 1. The van der Waals surface area contributed by atoms with Gasteiger partial charge < -0.3 is 5.32 Å². The van der Waals surface area contributed by atoms with Crippen molar-refractivity contribution >= 4 is 11.8 Å². The van der Waals surface area contributed by atoms with E-state index in [4.69, 9.17) is 0 Å². The van der Waals surface area contributed by atoms with Crippen LogP contribution in [0.2, 0.25) is 0 Å². The van der Waals surface area contributed by atoms with Crippen molar-refractivity contribution in [2.45, 2.75) is 45.1 Å². The van der Waals surface area contributed by atoms with E-state index in [-0.39, 0.29) is 6.04 Å². The van der Waals surface area contributed by atoms with E-state index in [1.165, 1.54) is 65.6 Å². The van der Waals surface area contributed by atoms with Crippen LogP contribution in [0.5, 0.6) is 0 Å². The van der Waals surface area contributed by atoms with Crippen LogP contribution in [-0.4, -0.2) is 0 Å². The second-order valence-corrected chi connectivity index (χ2v) is 7.70. The SMILES string of the molecule is CCCCCCc1ccc(-c2cccc(C3C=Cc4ccccc4N3)c2)cc1. The fourth-order valence-electron chi connectivity index (χ4n) is 3.92. The molecule has 1 nitrogen and oxygen atoms in total. The quantitative estimate of drug-likeness (QED) is 0.423. The first-order chi connectivity index (χ1) is 13.8. The number of anilines is 1. The molecule has 0 spiro atoms. The molecule has 0 fully saturated rings. The zero-order chi connectivity index (χ0) is 19.2. The predicted molar refractivity (Wildman–Crippen MR) is 122 cm³/mol. The van der Waals surface area contributed by atoms with Crippen LogP contribution in [-0.2, 0) is 6.42 Å². The summed E-state index contributed by atoms with van der Waals surface area (Å²) in [7, 11) is 0. The zero-order valence-corrected chi connectivity index (χ0v) is 16.7. The monoisotopic (exact) mass is 367 g/mol. The topological polar surface area (TPSA) is 12.0 Å². The molecule has 1 heterocycles. The van der Waals surface area contributed by atoms with Crippen molar-refractivity contribution in [3.63, 3.8) is 0 Å². The minimum Gasteiger partial charge on any atom is -0.374 e. The van der Waals surface area contributed by atoms with Crippen molar-refractivity contribution in [1.29, 1.82) is 0 Å². The smallest absolute Gasteiger partial charge is 0.0701 e. The van der Waals surface area contributed by atoms with E-state index in [9.17, 15) is 0 Å². The summed E-state index contributed by atoms with van der Waals surface area (Å²) in [5, 5.41) is 3.65. The summed E-state index contributed by atoms with van der Waals surface area (Å²) in [6, 6.07) is 26.7. The van der Waals surface area contributed by atoms with Crippen molar-refractivity contribution in [1.82, 2.24) is 0 Å². The van der Waals surface area contributed by atoms with Gasteiger partial charge in [-0.2, -0.15) is 0 Å². The fraction of sp³-hybridized carbons (Fsp3) is 0.259. The van der Waals surface area contributed by atoms with Gasteiger partial charge in [0.1, 0.15) is 0 Å². The lowest BCUT2D eigenvalue weighted by Gasteiger charge is -2.23. The molecule has 0 saturated carbocycles. The largest absolute Gasteiger partial charge is 0.374 e. The number of aryl methyl sites for hydroxylation is 1. The van der Waals surface area contributed by atoms with Crippen LogP contribution in [0.15, 0.2) is 78.9 Å². The van der Waals surface area contributed by atoms with Gasteiger partial charge in [0.15, 0.2) is 0 Å². The third-order valence-corrected chi connectivity index (χ3v) is 5.59. The maximum atomic E-state index is 3.65. The minimum absolute atomic E-state index is 0.215. The van der Waals surface area contributed by atoms with E-state index in [1.807, 2.05) is 0 Å². The zero-order valence-electron chi connectivity index (χ0n) is 16.7. The molecule has 0 amide bonds. The van der Waals surface area contributed by atoms with Gasteiger partial charge in [-0.25, -0.2) is 0 Å². The minimum atomic E-state index is 0.215. The predicted octanol–water partition coefficient (Wildman–Crippen LogP) is 7.66. The standard InChI is InChI=1S/C27H29N/c1-2-3-4-5-9-21-14-16-22(17-15-21)24-11-8-12-25(20-24)27-19-18-23-10-6-7-13-26(23)28-27/h6-8,10-20,27-28H,2-5,9H2,1H3. The van der Waals surface area contributed by atoms with Gasteiger partial charge in [-0.05, 0) is 52.8 Å². The van der Waals surface area contributed by atoms with E-state index < -0.39 is 0 Å². The maximum Gasteiger partial charge on any atom is 0.0701 e. The summed E-state index contributed by atoms with van der Waals surface area (Å²) in [4.78, 5) is 0. The number of benzene rings is 3. The molecule has 142 valence electrons. The maximum absolute atomic E-state index is 3.65. The summed E-state index contributed by atoms with van der Waals surface area (Å²) in [6.45, 7) is 2.26. The Balaban J connectivity index is 1.47. The van der Waals surface area contributed by atoms with Crippen molar-refractivity contribution in [3.05, 3.63) is 95.6 Å². The lowest BCUT2D eigenvalue weighted by molar-refractivity contribution is 0.667. The summed E-state index contributed by atoms with van der Waals surface area (Å²) in [5.41, 5.74) is 7.78. The summed E-state index contributed by atoms with van der Waals surface area (Å²) < 4.78 is 0. The molecule has 3 aromatic carbocycles. The average molecular weight is 368 g/mol. The molecule has 1 heteroatoms. The third kappa shape index (κ3) is 4.36. The van der Waals surface area contributed by atoms with Gasteiger partial charge in [0.05, 0.1) is 6.04 Å². The van der Waals surface area contributed by atoms with Gasteiger partial charge in [-0.3, -0.25) is 0 Å². The number of fused-ring (bicyclic) bond motifs is 1. The summed E-state index contributed by atoms with van der Waals surface area (Å²) in [6.07, 6.45) is 10.9. The Morgan fingerprint density at radius 2 is 1.64 bits per heavy atom. The van der Waals surface area contributed by atoms with Crippen LogP contribution in [0.3, 0.4) is 0 Å². The highest BCUT2D eigenvalue weighted by atomic mass is 14.9. The Kier molecular flexibility index (Phi) is 5.92. The van der Waals surface area contributed by atoms with Gasteiger partial charge in [-0.1, -0.05) is 99.0 Å². The highest BCUT2D eigenvalue weighted by molar-refractivity contribution is 5.72. The first-order valence-corrected chi connectivity index (χ1v) is 10.6. The highest BCUT2D eigenvalue weighted by Crippen LogP contribution is 2.31. The number of para-hydroxylation sites is 1. The Hall–Kier alpha value is -2.80. The molecule has 0 saturated heterocycles. The molecule has 1 aliphatic rings. The Labute approximate surface area is 169 Å². The third-order valence-electron chi connectivity index (χ3n) is 5.59. The molecule has 0 aliphatic carbocycles.